The van der Waals surface area contributed by atoms with E-state index in [4.69, 9.17) is 16.0 Å². The molecule has 2 amide bonds. The summed E-state index contributed by atoms with van der Waals surface area (Å²) in [6.07, 6.45) is 1.36. The summed E-state index contributed by atoms with van der Waals surface area (Å²) in [7, 11) is 1.16. The molecule has 0 unspecified atom stereocenters. The normalized spacial score (nSPS) is 15.4. The highest BCUT2D eigenvalue weighted by Gasteiger charge is 2.36. The van der Waals surface area contributed by atoms with Gasteiger partial charge in [-0.15, -0.1) is 0 Å². The second-order valence-electron chi connectivity index (χ2n) is 5.47. The molecule has 0 bridgehead atoms. The monoisotopic (exact) mass is 422 g/mol. The van der Waals surface area contributed by atoms with E-state index in [0.29, 0.717) is 23.1 Å². The van der Waals surface area contributed by atoms with Crippen LogP contribution in [0.15, 0.2) is 39.7 Å². The van der Waals surface area contributed by atoms with E-state index in [1.165, 1.54) is 18.2 Å². The van der Waals surface area contributed by atoms with Crippen LogP contribution in [0.5, 0.6) is 0 Å². The average Bonchev–Trinajstić information content (AvgIpc) is 3.22. The molecule has 11 heteroatoms. The molecule has 2 heterocycles. The fourth-order valence-corrected chi connectivity index (χ4v) is 3.36. The number of ether oxygens (including phenoxy) is 1. The molecule has 1 aromatic heterocycles. The van der Waals surface area contributed by atoms with Gasteiger partial charge in [0.2, 0.25) is 0 Å². The molecule has 0 saturated carbocycles. The number of imide groups is 1. The van der Waals surface area contributed by atoms with Crippen LogP contribution in [0.2, 0.25) is 5.02 Å². The zero-order valence-electron chi connectivity index (χ0n) is 14.2. The first-order valence-electron chi connectivity index (χ1n) is 7.66. The number of halogens is 1. The van der Waals surface area contributed by atoms with Crippen molar-refractivity contribution in [3.05, 3.63) is 56.1 Å². The highest BCUT2D eigenvalue weighted by atomic mass is 35.5. The standard InChI is InChI=1S/C17H11ClN2O7S/c1-26-15(21)8-19-16(22)14(28-17(19)23)7-10-3-5-13(27-10)9-2-4-11(18)12(6-9)20(24)25/h2-7H,8H2,1H3/b14-7+. The van der Waals surface area contributed by atoms with Gasteiger partial charge in [-0.3, -0.25) is 29.4 Å². The van der Waals surface area contributed by atoms with Crippen molar-refractivity contribution in [3.8, 4) is 11.3 Å². The van der Waals surface area contributed by atoms with Gasteiger partial charge in [0.1, 0.15) is 23.1 Å². The number of amides is 2. The second kappa shape index (κ2) is 7.87. The fraction of sp³-hybridized carbons (Fsp3) is 0.118. The van der Waals surface area contributed by atoms with E-state index in [0.717, 1.165) is 12.0 Å². The lowest BCUT2D eigenvalue weighted by Crippen LogP contribution is -2.34. The van der Waals surface area contributed by atoms with Crippen LogP contribution in [0.4, 0.5) is 10.5 Å². The average molecular weight is 423 g/mol. The third-order valence-electron chi connectivity index (χ3n) is 3.72. The van der Waals surface area contributed by atoms with E-state index in [9.17, 15) is 24.5 Å². The van der Waals surface area contributed by atoms with Crippen molar-refractivity contribution in [1.29, 1.82) is 0 Å². The van der Waals surface area contributed by atoms with Gasteiger partial charge in [0.05, 0.1) is 16.9 Å². The van der Waals surface area contributed by atoms with Crippen LogP contribution in [-0.4, -0.2) is 40.6 Å². The number of esters is 1. The summed E-state index contributed by atoms with van der Waals surface area (Å²) in [6, 6.07) is 7.33. The van der Waals surface area contributed by atoms with E-state index in [1.54, 1.807) is 18.2 Å². The molecule has 144 valence electrons. The van der Waals surface area contributed by atoms with E-state index in [1.807, 2.05) is 0 Å². The number of nitro benzene ring substituents is 1. The minimum Gasteiger partial charge on any atom is -0.468 e. The summed E-state index contributed by atoms with van der Waals surface area (Å²) in [4.78, 5) is 46.8. The Balaban J connectivity index is 1.84. The second-order valence-corrected chi connectivity index (χ2v) is 6.87. The lowest BCUT2D eigenvalue weighted by Gasteiger charge is -2.09. The molecular weight excluding hydrogens is 412 g/mol. The summed E-state index contributed by atoms with van der Waals surface area (Å²) in [5.41, 5.74) is 0.163. The number of hydrogen-bond donors (Lipinski definition) is 0. The van der Waals surface area contributed by atoms with Crippen molar-refractivity contribution in [2.75, 3.05) is 13.7 Å². The van der Waals surface area contributed by atoms with Crippen LogP contribution in [0.3, 0.4) is 0 Å². The Morgan fingerprint density at radius 3 is 2.79 bits per heavy atom. The number of carbonyl (C=O) groups is 3. The van der Waals surface area contributed by atoms with Crippen molar-refractivity contribution >= 4 is 52.2 Å². The van der Waals surface area contributed by atoms with Gasteiger partial charge in [0.25, 0.3) is 16.8 Å². The molecule has 0 aliphatic carbocycles. The number of rotatable bonds is 5. The van der Waals surface area contributed by atoms with Gasteiger partial charge in [0, 0.05) is 17.7 Å². The minimum atomic E-state index is -0.715. The van der Waals surface area contributed by atoms with Gasteiger partial charge < -0.3 is 9.15 Å². The molecule has 28 heavy (non-hydrogen) atoms. The van der Waals surface area contributed by atoms with E-state index in [-0.39, 0.29) is 21.4 Å². The van der Waals surface area contributed by atoms with Crippen LogP contribution < -0.4 is 0 Å². The topological polar surface area (TPSA) is 120 Å². The number of furan rings is 1. The maximum atomic E-state index is 12.3. The molecule has 0 spiro atoms. The van der Waals surface area contributed by atoms with Crippen LogP contribution in [-0.2, 0) is 14.3 Å². The summed E-state index contributed by atoms with van der Waals surface area (Å²) in [6.45, 7) is -0.476. The van der Waals surface area contributed by atoms with E-state index < -0.39 is 28.6 Å². The molecule has 2 aromatic rings. The van der Waals surface area contributed by atoms with Crippen LogP contribution in [0.1, 0.15) is 5.76 Å². The Kier molecular flexibility index (Phi) is 5.52. The van der Waals surface area contributed by atoms with Crippen LogP contribution in [0, 0.1) is 10.1 Å². The molecule has 1 aliphatic rings. The van der Waals surface area contributed by atoms with E-state index >= 15 is 0 Å². The Morgan fingerprint density at radius 2 is 2.11 bits per heavy atom. The zero-order chi connectivity index (χ0) is 20.4. The molecule has 1 aliphatic heterocycles. The van der Waals surface area contributed by atoms with Crippen molar-refractivity contribution in [2.24, 2.45) is 0 Å². The quantitative estimate of drug-likeness (QED) is 0.309. The first-order valence-corrected chi connectivity index (χ1v) is 8.86. The highest BCUT2D eigenvalue weighted by Crippen LogP contribution is 2.34. The Bertz CT molecular complexity index is 1030. The predicted octanol–water partition coefficient (Wildman–Crippen LogP) is 3.72. The number of nitro groups is 1. The summed E-state index contributed by atoms with van der Waals surface area (Å²) in [5.74, 6) is -0.773. The Morgan fingerprint density at radius 1 is 1.36 bits per heavy atom. The number of methoxy groups -OCH3 is 1. The molecule has 9 nitrogen and oxygen atoms in total. The third-order valence-corrected chi connectivity index (χ3v) is 4.94. The SMILES string of the molecule is COC(=O)CN1C(=O)S/C(=C/c2ccc(-c3ccc(Cl)c([N+](=O)[O-])c3)o2)C1=O. The largest absolute Gasteiger partial charge is 0.468 e. The van der Waals surface area contributed by atoms with Crippen LogP contribution >= 0.6 is 23.4 Å². The molecule has 1 saturated heterocycles. The number of thioether (sulfide) groups is 1. The first-order chi connectivity index (χ1) is 13.3. The number of benzene rings is 1. The van der Waals surface area contributed by atoms with Crippen LogP contribution in [0.25, 0.3) is 17.4 Å². The molecule has 0 radical (unpaired) electrons. The number of hydrogen-bond acceptors (Lipinski definition) is 8. The minimum absolute atomic E-state index is 0.000176. The van der Waals surface area contributed by atoms with Gasteiger partial charge >= 0.3 is 5.97 Å². The van der Waals surface area contributed by atoms with Crippen molar-refractivity contribution in [1.82, 2.24) is 4.90 Å². The molecular formula is C17H11ClN2O7S. The Hall–Kier alpha value is -3.11. The fourth-order valence-electron chi connectivity index (χ4n) is 2.35. The van der Waals surface area contributed by atoms with Gasteiger partial charge in [0.15, 0.2) is 0 Å². The molecule has 3 rings (SSSR count). The predicted molar refractivity (Wildman–Crippen MR) is 101 cm³/mol. The lowest BCUT2D eigenvalue weighted by molar-refractivity contribution is -0.384. The third kappa shape index (κ3) is 3.92. The highest BCUT2D eigenvalue weighted by molar-refractivity contribution is 8.18. The summed E-state index contributed by atoms with van der Waals surface area (Å²) < 4.78 is 10.1. The lowest BCUT2D eigenvalue weighted by atomic mass is 10.1. The van der Waals surface area contributed by atoms with Gasteiger partial charge in [-0.25, -0.2) is 0 Å². The van der Waals surface area contributed by atoms with Gasteiger partial charge in [-0.2, -0.15) is 0 Å². The summed E-state index contributed by atoms with van der Waals surface area (Å²) in [5, 5.41) is 10.4. The zero-order valence-corrected chi connectivity index (χ0v) is 15.8. The van der Waals surface area contributed by atoms with E-state index in [2.05, 4.69) is 4.74 Å². The smallest absolute Gasteiger partial charge is 0.325 e. The van der Waals surface area contributed by atoms with Crippen molar-refractivity contribution < 1.29 is 28.5 Å². The first kappa shape index (κ1) is 19.6. The van der Waals surface area contributed by atoms with Gasteiger partial charge in [-0.1, -0.05) is 11.6 Å². The number of carbonyl (C=O) groups excluding carboxylic acids is 3. The van der Waals surface area contributed by atoms with Gasteiger partial charge in [-0.05, 0) is 36.0 Å². The molecule has 1 aromatic carbocycles. The molecule has 1 fully saturated rings. The maximum Gasteiger partial charge on any atom is 0.325 e. The number of nitrogens with zero attached hydrogens (tertiary/aromatic N) is 2. The maximum absolute atomic E-state index is 12.3. The van der Waals surface area contributed by atoms with Crippen molar-refractivity contribution in [2.45, 2.75) is 0 Å². The molecule has 0 atom stereocenters. The molecule has 0 N–H and O–H groups in total. The summed E-state index contributed by atoms with van der Waals surface area (Å²) >= 11 is 6.46. The Labute approximate surface area is 167 Å². The van der Waals surface area contributed by atoms with Crippen molar-refractivity contribution in [3.63, 3.8) is 0 Å².